The lowest BCUT2D eigenvalue weighted by atomic mass is 10.1. The summed E-state index contributed by atoms with van der Waals surface area (Å²) >= 11 is 6.16. The van der Waals surface area contributed by atoms with E-state index in [0.717, 1.165) is 16.8 Å². The van der Waals surface area contributed by atoms with Crippen LogP contribution in [-0.4, -0.2) is 10.9 Å². The van der Waals surface area contributed by atoms with Crippen LogP contribution in [0.3, 0.4) is 0 Å². The number of carbonyl (C=O) groups is 1. The first-order valence-corrected chi connectivity index (χ1v) is 8.47. The molecule has 0 fully saturated rings. The Labute approximate surface area is 151 Å². The smallest absolute Gasteiger partial charge is 0.224 e. The van der Waals surface area contributed by atoms with E-state index in [0.29, 0.717) is 29.5 Å². The Balaban J connectivity index is 1.60. The van der Waals surface area contributed by atoms with E-state index in [1.54, 1.807) is 12.3 Å². The highest BCUT2D eigenvalue weighted by atomic mass is 35.5. The molecule has 0 aliphatic carbocycles. The Morgan fingerprint density at radius 3 is 2.76 bits per heavy atom. The molecule has 5 heteroatoms. The third-order valence-electron chi connectivity index (χ3n) is 3.91. The maximum absolute atomic E-state index is 12.2. The van der Waals surface area contributed by atoms with Crippen molar-refractivity contribution in [3.8, 4) is 11.3 Å². The molecule has 1 aromatic heterocycles. The van der Waals surface area contributed by atoms with Crippen LogP contribution in [0, 0.1) is 13.8 Å². The minimum absolute atomic E-state index is 0.0653. The summed E-state index contributed by atoms with van der Waals surface area (Å²) in [6.07, 6.45) is 2.37. The zero-order valence-corrected chi connectivity index (χ0v) is 14.9. The summed E-state index contributed by atoms with van der Waals surface area (Å²) in [6, 6.07) is 13.4. The molecule has 0 unspecified atom stereocenters. The summed E-state index contributed by atoms with van der Waals surface area (Å²) in [6.45, 7) is 4.00. The topological polar surface area (TPSA) is 55.1 Å². The molecule has 1 heterocycles. The average molecular weight is 355 g/mol. The van der Waals surface area contributed by atoms with E-state index in [2.05, 4.69) is 10.3 Å². The number of hydrogen-bond acceptors (Lipinski definition) is 3. The molecule has 0 radical (unpaired) electrons. The van der Waals surface area contributed by atoms with Crippen molar-refractivity contribution in [1.82, 2.24) is 4.98 Å². The molecule has 3 rings (SSSR count). The van der Waals surface area contributed by atoms with Crippen LogP contribution in [0.15, 0.2) is 53.1 Å². The van der Waals surface area contributed by atoms with Gasteiger partial charge in [-0.2, -0.15) is 0 Å². The number of amides is 1. The molecule has 25 heavy (non-hydrogen) atoms. The SMILES string of the molecule is Cc1ccc(NC(=O)CCc2ncc(-c3ccccc3Cl)o2)c(C)c1. The van der Waals surface area contributed by atoms with Gasteiger partial charge in [-0.3, -0.25) is 4.79 Å². The first-order valence-electron chi connectivity index (χ1n) is 8.09. The van der Waals surface area contributed by atoms with Gasteiger partial charge in [-0.15, -0.1) is 0 Å². The Morgan fingerprint density at radius 2 is 2.00 bits per heavy atom. The molecule has 3 aromatic rings. The number of aromatic nitrogens is 1. The van der Waals surface area contributed by atoms with Crippen LogP contribution in [0.25, 0.3) is 11.3 Å². The number of hydrogen-bond donors (Lipinski definition) is 1. The third-order valence-corrected chi connectivity index (χ3v) is 4.24. The van der Waals surface area contributed by atoms with Gasteiger partial charge in [0, 0.05) is 24.1 Å². The number of oxazole rings is 1. The normalized spacial score (nSPS) is 10.7. The molecule has 1 amide bonds. The summed E-state index contributed by atoms with van der Waals surface area (Å²) < 4.78 is 5.72. The highest BCUT2D eigenvalue weighted by Crippen LogP contribution is 2.28. The molecule has 0 saturated heterocycles. The van der Waals surface area contributed by atoms with Crippen molar-refractivity contribution in [1.29, 1.82) is 0 Å². The van der Waals surface area contributed by atoms with Crippen LogP contribution >= 0.6 is 11.6 Å². The number of anilines is 1. The predicted octanol–water partition coefficient (Wildman–Crippen LogP) is 5.18. The van der Waals surface area contributed by atoms with Crippen LogP contribution in [-0.2, 0) is 11.2 Å². The number of aryl methyl sites for hydroxylation is 3. The molecule has 0 aliphatic heterocycles. The van der Waals surface area contributed by atoms with Gasteiger partial charge < -0.3 is 9.73 Å². The second-order valence-electron chi connectivity index (χ2n) is 5.96. The monoisotopic (exact) mass is 354 g/mol. The lowest BCUT2D eigenvalue weighted by molar-refractivity contribution is -0.116. The highest BCUT2D eigenvalue weighted by molar-refractivity contribution is 6.33. The number of halogens is 1. The van der Waals surface area contributed by atoms with Crippen molar-refractivity contribution in [2.24, 2.45) is 0 Å². The molecule has 0 bridgehead atoms. The molecular formula is C20H19ClN2O2. The zero-order chi connectivity index (χ0) is 17.8. The van der Waals surface area contributed by atoms with Gasteiger partial charge in [-0.05, 0) is 37.6 Å². The fourth-order valence-corrected chi connectivity index (χ4v) is 2.83. The molecule has 2 aromatic carbocycles. The van der Waals surface area contributed by atoms with Gasteiger partial charge >= 0.3 is 0 Å². The minimum Gasteiger partial charge on any atom is -0.441 e. The number of benzene rings is 2. The van der Waals surface area contributed by atoms with Gasteiger partial charge in [0.05, 0.1) is 11.2 Å². The highest BCUT2D eigenvalue weighted by Gasteiger charge is 2.11. The van der Waals surface area contributed by atoms with Crippen molar-refractivity contribution < 1.29 is 9.21 Å². The Hall–Kier alpha value is -2.59. The van der Waals surface area contributed by atoms with E-state index < -0.39 is 0 Å². The van der Waals surface area contributed by atoms with E-state index in [-0.39, 0.29) is 5.91 Å². The summed E-state index contributed by atoms with van der Waals surface area (Å²) in [5, 5.41) is 3.53. The van der Waals surface area contributed by atoms with Crippen molar-refractivity contribution in [3.05, 3.63) is 70.7 Å². The Kier molecular flexibility index (Phi) is 5.19. The molecule has 128 valence electrons. The third kappa shape index (κ3) is 4.28. The maximum Gasteiger partial charge on any atom is 0.224 e. The van der Waals surface area contributed by atoms with Crippen molar-refractivity contribution in [2.75, 3.05) is 5.32 Å². The van der Waals surface area contributed by atoms with Crippen molar-refractivity contribution in [3.63, 3.8) is 0 Å². The van der Waals surface area contributed by atoms with Crippen molar-refractivity contribution >= 4 is 23.2 Å². The zero-order valence-electron chi connectivity index (χ0n) is 14.2. The van der Waals surface area contributed by atoms with E-state index in [9.17, 15) is 4.79 Å². The minimum atomic E-state index is -0.0653. The maximum atomic E-state index is 12.2. The summed E-state index contributed by atoms with van der Waals surface area (Å²) in [5.74, 6) is 1.06. The van der Waals surface area contributed by atoms with Crippen LogP contribution in [0.4, 0.5) is 5.69 Å². The predicted molar refractivity (Wildman–Crippen MR) is 99.8 cm³/mol. The fraction of sp³-hybridized carbons (Fsp3) is 0.200. The largest absolute Gasteiger partial charge is 0.441 e. The molecule has 0 saturated carbocycles. The number of rotatable bonds is 5. The molecule has 4 nitrogen and oxygen atoms in total. The summed E-state index contributed by atoms with van der Waals surface area (Å²) in [7, 11) is 0. The number of nitrogens with one attached hydrogen (secondary N) is 1. The van der Waals surface area contributed by atoms with E-state index in [1.807, 2.05) is 50.2 Å². The van der Waals surface area contributed by atoms with Crippen LogP contribution in [0.2, 0.25) is 5.02 Å². The van der Waals surface area contributed by atoms with Gasteiger partial charge in [0.15, 0.2) is 11.7 Å². The molecule has 0 spiro atoms. The van der Waals surface area contributed by atoms with Crippen LogP contribution < -0.4 is 5.32 Å². The summed E-state index contributed by atoms with van der Waals surface area (Å²) in [5.41, 5.74) is 3.84. The Bertz CT molecular complexity index is 902. The van der Waals surface area contributed by atoms with Gasteiger partial charge in [0.2, 0.25) is 5.91 Å². The van der Waals surface area contributed by atoms with Crippen LogP contribution in [0.5, 0.6) is 0 Å². The Morgan fingerprint density at radius 1 is 1.20 bits per heavy atom. The quantitative estimate of drug-likeness (QED) is 0.686. The van der Waals surface area contributed by atoms with E-state index >= 15 is 0 Å². The number of carbonyl (C=O) groups excluding carboxylic acids is 1. The van der Waals surface area contributed by atoms with Gasteiger partial charge in [0.25, 0.3) is 0 Å². The molecule has 0 aliphatic rings. The second-order valence-corrected chi connectivity index (χ2v) is 6.37. The standard InChI is InChI=1S/C20H19ClN2O2/c1-13-7-8-17(14(2)11-13)23-19(24)9-10-20-22-12-18(25-20)15-5-3-4-6-16(15)21/h3-8,11-12H,9-10H2,1-2H3,(H,23,24). The lowest BCUT2D eigenvalue weighted by Crippen LogP contribution is -2.13. The van der Waals surface area contributed by atoms with E-state index in [1.165, 1.54) is 5.56 Å². The second kappa shape index (κ2) is 7.53. The lowest BCUT2D eigenvalue weighted by Gasteiger charge is -2.08. The number of nitrogens with zero attached hydrogens (tertiary/aromatic N) is 1. The first kappa shape index (κ1) is 17.2. The van der Waals surface area contributed by atoms with Gasteiger partial charge in [-0.1, -0.05) is 41.4 Å². The van der Waals surface area contributed by atoms with Gasteiger partial charge in [-0.25, -0.2) is 4.98 Å². The van der Waals surface area contributed by atoms with E-state index in [4.69, 9.17) is 16.0 Å². The molecule has 0 atom stereocenters. The molecular weight excluding hydrogens is 336 g/mol. The van der Waals surface area contributed by atoms with Crippen LogP contribution in [0.1, 0.15) is 23.4 Å². The van der Waals surface area contributed by atoms with Crippen molar-refractivity contribution in [2.45, 2.75) is 26.7 Å². The first-order chi connectivity index (χ1) is 12.0. The fourth-order valence-electron chi connectivity index (χ4n) is 2.60. The summed E-state index contributed by atoms with van der Waals surface area (Å²) in [4.78, 5) is 16.4. The van der Waals surface area contributed by atoms with Gasteiger partial charge in [0.1, 0.15) is 0 Å². The average Bonchev–Trinajstić information content (AvgIpc) is 3.05. The molecule has 1 N–H and O–H groups in total.